The van der Waals surface area contributed by atoms with Crippen LogP contribution in [0.5, 0.6) is 0 Å². The molecule has 0 amide bonds. The number of aromatic nitrogens is 1. The number of nitrogens with one attached hydrogen (secondary N) is 1. The molecule has 1 aliphatic rings. The highest BCUT2D eigenvalue weighted by Crippen LogP contribution is 2.20. The van der Waals surface area contributed by atoms with Gasteiger partial charge in [0, 0.05) is 23.6 Å². The average molecular weight is 265 g/mol. The lowest BCUT2D eigenvalue weighted by atomic mass is 10.1. The van der Waals surface area contributed by atoms with Crippen molar-refractivity contribution in [1.82, 2.24) is 9.88 Å². The molecule has 1 aliphatic heterocycles. The second kappa shape index (κ2) is 6.26. The molecule has 0 radical (unpaired) electrons. The molecule has 2 heterocycles. The largest absolute Gasteiger partial charge is 0.361 e. The highest BCUT2D eigenvalue weighted by Gasteiger charge is 2.11. The highest BCUT2D eigenvalue weighted by atomic mass is 35.5. The van der Waals surface area contributed by atoms with Gasteiger partial charge in [0.1, 0.15) is 0 Å². The number of rotatable bonds is 2. The number of hydrogen-bond donors (Lipinski definition) is 1. The van der Waals surface area contributed by atoms with Crippen molar-refractivity contribution in [2.24, 2.45) is 0 Å². The molecular weight excluding hydrogens is 244 g/mol. The highest BCUT2D eigenvalue weighted by molar-refractivity contribution is 5.85. The van der Waals surface area contributed by atoms with Crippen LogP contribution in [0.1, 0.15) is 31.2 Å². The average Bonchev–Trinajstić information content (AvgIpc) is 2.59. The molecule has 98 valence electrons. The fourth-order valence-corrected chi connectivity index (χ4v) is 2.80. The first-order chi connectivity index (χ1) is 8.43. The van der Waals surface area contributed by atoms with Crippen molar-refractivity contribution in [1.29, 1.82) is 0 Å². The van der Waals surface area contributed by atoms with E-state index in [1.165, 1.54) is 55.2 Å². The van der Waals surface area contributed by atoms with Crippen LogP contribution in [0.3, 0.4) is 0 Å². The van der Waals surface area contributed by atoms with Gasteiger partial charge in [0.15, 0.2) is 0 Å². The maximum atomic E-state index is 3.37. The van der Waals surface area contributed by atoms with Gasteiger partial charge in [-0.2, -0.15) is 0 Å². The maximum absolute atomic E-state index is 3.37. The number of para-hydroxylation sites is 1. The molecule has 18 heavy (non-hydrogen) atoms. The molecule has 1 fully saturated rings. The Kier molecular flexibility index (Phi) is 4.67. The zero-order valence-corrected chi connectivity index (χ0v) is 11.5. The Morgan fingerprint density at radius 1 is 1.00 bits per heavy atom. The molecule has 1 aromatic heterocycles. The third-order valence-electron chi connectivity index (χ3n) is 3.77. The van der Waals surface area contributed by atoms with Crippen LogP contribution in [-0.2, 0) is 6.54 Å². The second-order valence-corrected chi connectivity index (χ2v) is 5.05. The number of H-pyrrole nitrogens is 1. The van der Waals surface area contributed by atoms with Crippen LogP contribution in [-0.4, -0.2) is 23.0 Å². The SMILES string of the molecule is Cl.c1ccc2c(CN3CCCCCC3)c[nH]c2c1. The number of likely N-dealkylation sites (tertiary alicyclic amines) is 1. The van der Waals surface area contributed by atoms with Gasteiger partial charge in [-0.1, -0.05) is 31.0 Å². The zero-order chi connectivity index (χ0) is 11.5. The van der Waals surface area contributed by atoms with Crippen LogP contribution in [0.4, 0.5) is 0 Å². The van der Waals surface area contributed by atoms with Gasteiger partial charge in [0.2, 0.25) is 0 Å². The van der Waals surface area contributed by atoms with E-state index in [4.69, 9.17) is 0 Å². The van der Waals surface area contributed by atoms with Crippen LogP contribution in [0.25, 0.3) is 10.9 Å². The molecule has 3 heteroatoms. The summed E-state index contributed by atoms with van der Waals surface area (Å²) in [7, 11) is 0. The molecule has 0 bridgehead atoms. The topological polar surface area (TPSA) is 19.0 Å². The summed E-state index contributed by atoms with van der Waals surface area (Å²) >= 11 is 0. The van der Waals surface area contributed by atoms with Crippen molar-refractivity contribution in [3.05, 3.63) is 36.0 Å². The molecule has 0 atom stereocenters. The summed E-state index contributed by atoms with van der Waals surface area (Å²) in [5, 5.41) is 1.39. The van der Waals surface area contributed by atoms with Gasteiger partial charge in [-0.3, -0.25) is 4.90 Å². The Hall–Kier alpha value is -0.990. The van der Waals surface area contributed by atoms with Crippen LogP contribution < -0.4 is 0 Å². The summed E-state index contributed by atoms with van der Waals surface area (Å²) < 4.78 is 0. The third kappa shape index (κ3) is 2.88. The van der Waals surface area contributed by atoms with Crippen molar-refractivity contribution in [2.45, 2.75) is 32.2 Å². The second-order valence-electron chi connectivity index (χ2n) is 5.05. The molecule has 3 rings (SSSR count). The minimum atomic E-state index is 0. The van der Waals surface area contributed by atoms with Gasteiger partial charge in [0.05, 0.1) is 0 Å². The van der Waals surface area contributed by atoms with Crippen LogP contribution in [0, 0.1) is 0 Å². The van der Waals surface area contributed by atoms with Gasteiger partial charge in [-0.05, 0) is 37.6 Å². The fraction of sp³-hybridized carbons (Fsp3) is 0.467. The fourth-order valence-electron chi connectivity index (χ4n) is 2.80. The summed E-state index contributed by atoms with van der Waals surface area (Å²) in [6.07, 6.45) is 7.72. The first-order valence-electron chi connectivity index (χ1n) is 6.71. The lowest BCUT2D eigenvalue weighted by Crippen LogP contribution is -2.23. The Morgan fingerprint density at radius 2 is 1.72 bits per heavy atom. The number of nitrogens with zero attached hydrogens (tertiary/aromatic N) is 1. The molecule has 1 N–H and O–H groups in total. The number of benzene rings is 1. The summed E-state index contributed by atoms with van der Waals surface area (Å²) in [6.45, 7) is 3.63. The van der Waals surface area contributed by atoms with Crippen molar-refractivity contribution in [2.75, 3.05) is 13.1 Å². The molecule has 0 unspecified atom stereocenters. The van der Waals surface area contributed by atoms with Crippen LogP contribution in [0.2, 0.25) is 0 Å². The Balaban J connectivity index is 0.00000120. The number of fused-ring (bicyclic) bond motifs is 1. The molecule has 0 spiro atoms. The van der Waals surface area contributed by atoms with Gasteiger partial charge >= 0.3 is 0 Å². The van der Waals surface area contributed by atoms with Crippen molar-refractivity contribution < 1.29 is 0 Å². The minimum absolute atomic E-state index is 0. The van der Waals surface area contributed by atoms with E-state index in [0.717, 1.165) is 6.54 Å². The van der Waals surface area contributed by atoms with Crippen LogP contribution >= 0.6 is 12.4 Å². The summed E-state index contributed by atoms with van der Waals surface area (Å²) in [5.41, 5.74) is 2.71. The van der Waals surface area contributed by atoms with Crippen molar-refractivity contribution >= 4 is 23.3 Å². The van der Waals surface area contributed by atoms with E-state index in [9.17, 15) is 0 Å². The Bertz CT molecular complexity index is 484. The Morgan fingerprint density at radius 3 is 2.50 bits per heavy atom. The van der Waals surface area contributed by atoms with Gasteiger partial charge in [0.25, 0.3) is 0 Å². The quantitative estimate of drug-likeness (QED) is 0.870. The van der Waals surface area contributed by atoms with Crippen molar-refractivity contribution in [3.63, 3.8) is 0 Å². The zero-order valence-electron chi connectivity index (χ0n) is 10.7. The molecule has 1 saturated heterocycles. The van der Waals surface area contributed by atoms with Crippen LogP contribution in [0.15, 0.2) is 30.5 Å². The van der Waals surface area contributed by atoms with Gasteiger partial charge in [-0.15, -0.1) is 12.4 Å². The number of hydrogen-bond acceptors (Lipinski definition) is 1. The van der Waals surface area contributed by atoms with E-state index in [1.54, 1.807) is 0 Å². The molecule has 2 aromatic rings. The standard InChI is InChI=1S/C15H20N2.ClH/c1-2-6-10-17(9-5-1)12-13-11-16-15-8-4-3-7-14(13)15;/h3-4,7-8,11,16H,1-2,5-6,9-10,12H2;1H. The normalized spacial score (nSPS) is 17.3. The van der Waals surface area contributed by atoms with Gasteiger partial charge in [-0.25, -0.2) is 0 Å². The van der Waals surface area contributed by atoms with E-state index >= 15 is 0 Å². The molecule has 0 aliphatic carbocycles. The van der Waals surface area contributed by atoms with E-state index < -0.39 is 0 Å². The molecular formula is C15H21ClN2. The molecule has 2 nitrogen and oxygen atoms in total. The smallest absolute Gasteiger partial charge is 0.0457 e. The predicted molar refractivity (Wildman–Crippen MR) is 79.3 cm³/mol. The molecule has 0 saturated carbocycles. The minimum Gasteiger partial charge on any atom is -0.361 e. The monoisotopic (exact) mass is 264 g/mol. The summed E-state index contributed by atoms with van der Waals surface area (Å²) in [5.74, 6) is 0. The predicted octanol–water partition coefficient (Wildman–Crippen LogP) is 3.97. The summed E-state index contributed by atoms with van der Waals surface area (Å²) in [4.78, 5) is 5.97. The maximum Gasteiger partial charge on any atom is 0.0457 e. The number of halogens is 1. The van der Waals surface area contributed by atoms with Gasteiger partial charge < -0.3 is 4.98 Å². The summed E-state index contributed by atoms with van der Waals surface area (Å²) in [6, 6.07) is 8.59. The van der Waals surface area contributed by atoms with E-state index in [1.807, 2.05) is 0 Å². The van der Waals surface area contributed by atoms with E-state index in [-0.39, 0.29) is 12.4 Å². The van der Waals surface area contributed by atoms with E-state index in [2.05, 4.69) is 40.3 Å². The van der Waals surface area contributed by atoms with Crippen molar-refractivity contribution in [3.8, 4) is 0 Å². The lowest BCUT2D eigenvalue weighted by molar-refractivity contribution is 0.278. The number of aromatic amines is 1. The molecule has 1 aromatic carbocycles. The lowest BCUT2D eigenvalue weighted by Gasteiger charge is -2.19. The van der Waals surface area contributed by atoms with E-state index in [0.29, 0.717) is 0 Å². The first-order valence-corrected chi connectivity index (χ1v) is 6.71. The first kappa shape index (κ1) is 13.4. The third-order valence-corrected chi connectivity index (χ3v) is 3.77. The Labute approximate surface area is 115 Å².